The Kier molecular flexibility index (Phi) is 4.38. The van der Waals surface area contributed by atoms with Crippen LogP contribution in [0.3, 0.4) is 0 Å². The van der Waals surface area contributed by atoms with E-state index >= 15 is 0 Å². The Balaban J connectivity index is 2.89. The minimum absolute atomic E-state index is 0.350. The monoisotopic (exact) mass is 305 g/mol. The number of rotatable bonds is 2. The molecule has 16 heavy (non-hydrogen) atoms. The second-order valence-electron chi connectivity index (χ2n) is 4.30. The molecule has 0 saturated heterocycles. The lowest BCUT2D eigenvalue weighted by Gasteiger charge is -2.12. The largest absolute Gasteiger partial charge is 0.234 e. The second-order valence-corrected chi connectivity index (χ2v) is 7.15. The molecule has 0 bridgehead atoms. The highest BCUT2D eigenvalue weighted by Gasteiger charge is 2.18. The van der Waals surface area contributed by atoms with E-state index in [1.165, 1.54) is 18.3 Å². The second kappa shape index (κ2) is 5.19. The maximum Gasteiger partial charge on any atom is 0.144 e. The third-order valence-corrected chi connectivity index (χ3v) is 3.51. The first-order chi connectivity index (χ1) is 7.29. The van der Waals surface area contributed by atoms with E-state index in [0.29, 0.717) is 10.0 Å². The number of benzene rings is 1. The molecule has 0 N–H and O–H groups in total. The van der Waals surface area contributed by atoms with Gasteiger partial charge in [-0.15, -0.1) is 0 Å². The van der Waals surface area contributed by atoms with E-state index in [9.17, 15) is 8.60 Å². The Morgan fingerprint density at radius 3 is 2.50 bits per heavy atom. The van der Waals surface area contributed by atoms with Gasteiger partial charge in [0, 0.05) is 10.7 Å². The minimum atomic E-state index is -1.32. The summed E-state index contributed by atoms with van der Waals surface area (Å²) in [6, 6.07) is 4.42. The molecular formula is C11H13BrFNOS. The summed E-state index contributed by atoms with van der Waals surface area (Å²) in [6.45, 7) is 5.51. The van der Waals surface area contributed by atoms with Crippen molar-refractivity contribution in [2.45, 2.75) is 25.5 Å². The average molecular weight is 306 g/mol. The van der Waals surface area contributed by atoms with Crippen molar-refractivity contribution in [1.29, 1.82) is 0 Å². The summed E-state index contributed by atoms with van der Waals surface area (Å²) < 4.78 is 28.8. The fraction of sp³-hybridized carbons (Fsp3) is 0.364. The standard InChI is InChI=1S/C11H13BrFNOS/c1-11(2,3)16(15)14-7-8-4-9(12)6-10(13)5-8/h4-7H,1-3H3. The molecule has 0 heterocycles. The Morgan fingerprint density at radius 2 is 2.00 bits per heavy atom. The third-order valence-electron chi connectivity index (χ3n) is 1.71. The molecule has 2 nitrogen and oxygen atoms in total. The number of nitrogens with zero attached hydrogens (tertiary/aromatic N) is 1. The minimum Gasteiger partial charge on any atom is -0.234 e. The van der Waals surface area contributed by atoms with Crippen LogP contribution in [-0.2, 0) is 11.0 Å². The van der Waals surface area contributed by atoms with Gasteiger partial charge in [-0.2, -0.15) is 4.40 Å². The summed E-state index contributed by atoms with van der Waals surface area (Å²) in [5.74, 6) is -0.350. The lowest BCUT2D eigenvalue weighted by molar-refractivity contribution is 0.626. The van der Waals surface area contributed by atoms with E-state index in [1.807, 2.05) is 20.8 Å². The zero-order chi connectivity index (χ0) is 12.3. The van der Waals surface area contributed by atoms with Crippen molar-refractivity contribution in [3.8, 4) is 0 Å². The fourth-order valence-corrected chi connectivity index (χ4v) is 1.93. The van der Waals surface area contributed by atoms with Gasteiger partial charge >= 0.3 is 0 Å². The zero-order valence-electron chi connectivity index (χ0n) is 9.33. The van der Waals surface area contributed by atoms with Gasteiger partial charge < -0.3 is 0 Å². The molecule has 0 aliphatic rings. The summed E-state index contributed by atoms with van der Waals surface area (Å²) in [5, 5.41) is 0. The predicted octanol–water partition coefficient (Wildman–Crippen LogP) is 3.47. The topological polar surface area (TPSA) is 29.4 Å². The highest BCUT2D eigenvalue weighted by molar-refractivity contribution is 9.10. The normalized spacial score (nSPS) is 14.3. The molecule has 0 radical (unpaired) electrons. The van der Waals surface area contributed by atoms with Crippen LogP contribution < -0.4 is 0 Å². The van der Waals surface area contributed by atoms with Gasteiger partial charge in [0.1, 0.15) is 16.8 Å². The van der Waals surface area contributed by atoms with Gasteiger partial charge in [0.15, 0.2) is 0 Å². The highest BCUT2D eigenvalue weighted by Crippen LogP contribution is 2.15. The summed E-state index contributed by atoms with van der Waals surface area (Å²) in [6.07, 6.45) is 1.43. The van der Waals surface area contributed by atoms with Crippen LogP contribution in [0.1, 0.15) is 26.3 Å². The summed E-state index contributed by atoms with van der Waals surface area (Å²) in [5.41, 5.74) is 0.587. The molecule has 1 rings (SSSR count). The molecule has 0 aromatic heterocycles. The lowest BCUT2D eigenvalue weighted by atomic mass is 10.2. The average Bonchev–Trinajstić information content (AvgIpc) is 2.11. The van der Waals surface area contributed by atoms with Crippen LogP contribution >= 0.6 is 15.9 Å². The van der Waals surface area contributed by atoms with Crippen LogP contribution in [0.15, 0.2) is 27.1 Å². The van der Waals surface area contributed by atoms with Crippen LogP contribution in [0, 0.1) is 5.82 Å². The van der Waals surface area contributed by atoms with E-state index in [1.54, 1.807) is 6.07 Å². The lowest BCUT2D eigenvalue weighted by Crippen LogP contribution is -2.19. The van der Waals surface area contributed by atoms with Crippen LogP contribution in [0.2, 0.25) is 0 Å². The SMILES string of the molecule is CC(C)(C)S(=O)N=Cc1cc(F)cc(Br)c1. The highest BCUT2D eigenvalue weighted by atomic mass is 79.9. The van der Waals surface area contributed by atoms with Crippen molar-refractivity contribution in [2.75, 3.05) is 0 Å². The van der Waals surface area contributed by atoms with Crippen molar-refractivity contribution in [3.63, 3.8) is 0 Å². The Labute approximate surface area is 106 Å². The molecule has 0 aliphatic carbocycles. The van der Waals surface area contributed by atoms with Gasteiger partial charge in [0.25, 0.3) is 0 Å². The molecule has 1 unspecified atom stereocenters. The molecule has 0 aliphatic heterocycles. The summed E-state index contributed by atoms with van der Waals surface area (Å²) in [4.78, 5) is 0. The van der Waals surface area contributed by atoms with Gasteiger partial charge in [-0.05, 0) is 44.5 Å². The van der Waals surface area contributed by atoms with E-state index in [0.717, 1.165) is 0 Å². The molecule has 1 aromatic carbocycles. The number of hydrogen-bond acceptors (Lipinski definition) is 1. The number of hydrogen-bond donors (Lipinski definition) is 0. The molecule has 0 fully saturated rings. The first kappa shape index (κ1) is 13.5. The predicted molar refractivity (Wildman–Crippen MR) is 69.6 cm³/mol. The van der Waals surface area contributed by atoms with Crippen molar-refractivity contribution in [1.82, 2.24) is 0 Å². The Hall–Kier alpha value is -0.550. The van der Waals surface area contributed by atoms with E-state index in [2.05, 4.69) is 20.3 Å². The maximum absolute atomic E-state index is 13.0. The molecule has 1 aromatic rings. The molecule has 5 heteroatoms. The molecule has 88 valence electrons. The third kappa shape index (κ3) is 4.14. The van der Waals surface area contributed by atoms with Crippen LogP contribution in [0.25, 0.3) is 0 Å². The van der Waals surface area contributed by atoms with Gasteiger partial charge in [0.05, 0.1) is 4.75 Å². The first-order valence-corrected chi connectivity index (χ1v) is 6.61. The van der Waals surface area contributed by atoms with E-state index < -0.39 is 15.7 Å². The quantitative estimate of drug-likeness (QED) is 0.769. The van der Waals surface area contributed by atoms with Crippen molar-refractivity contribution >= 4 is 33.1 Å². The van der Waals surface area contributed by atoms with Gasteiger partial charge in [-0.1, -0.05) is 15.9 Å². The van der Waals surface area contributed by atoms with Gasteiger partial charge in [-0.3, -0.25) is 0 Å². The Bertz CT molecular complexity index is 420. The zero-order valence-corrected chi connectivity index (χ0v) is 11.7. The van der Waals surface area contributed by atoms with Crippen LogP contribution in [0.4, 0.5) is 4.39 Å². The van der Waals surface area contributed by atoms with Crippen molar-refractivity contribution < 1.29 is 8.60 Å². The molecule has 0 spiro atoms. The van der Waals surface area contributed by atoms with Crippen molar-refractivity contribution in [3.05, 3.63) is 34.1 Å². The fourth-order valence-electron chi connectivity index (χ4n) is 0.917. The molecule has 0 saturated carbocycles. The summed E-state index contributed by atoms with van der Waals surface area (Å²) in [7, 11) is -1.32. The maximum atomic E-state index is 13.0. The van der Waals surface area contributed by atoms with E-state index in [4.69, 9.17) is 0 Å². The first-order valence-electron chi connectivity index (χ1n) is 4.71. The van der Waals surface area contributed by atoms with E-state index in [-0.39, 0.29) is 5.82 Å². The van der Waals surface area contributed by atoms with Crippen LogP contribution in [0.5, 0.6) is 0 Å². The van der Waals surface area contributed by atoms with Gasteiger partial charge in [-0.25, -0.2) is 8.60 Å². The molecule has 1 atom stereocenters. The van der Waals surface area contributed by atoms with Crippen molar-refractivity contribution in [2.24, 2.45) is 4.40 Å². The van der Waals surface area contributed by atoms with Crippen LogP contribution in [-0.4, -0.2) is 15.2 Å². The smallest absolute Gasteiger partial charge is 0.144 e. The summed E-state index contributed by atoms with van der Waals surface area (Å²) >= 11 is 3.18. The van der Waals surface area contributed by atoms with Gasteiger partial charge in [0.2, 0.25) is 0 Å². The number of halogens is 2. The Morgan fingerprint density at radius 1 is 1.38 bits per heavy atom. The molecular weight excluding hydrogens is 293 g/mol. The molecule has 0 amide bonds.